The van der Waals surface area contributed by atoms with Crippen LogP contribution in [-0.4, -0.2) is 54.7 Å². The number of halogens is 3. The highest BCUT2D eigenvalue weighted by Gasteiger charge is 2.30. The first-order valence-electron chi connectivity index (χ1n) is 6.72. The summed E-state index contributed by atoms with van der Waals surface area (Å²) in [5.41, 5.74) is 1.23. The summed E-state index contributed by atoms with van der Waals surface area (Å²) >= 11 is 1.64. The third-order valence-electron chi connectivity index (χ3n) is 3.61. The van der Waals surface area contributed by atoms with Gasteiger partial charge in [0.05, 0.1) is 0 Å². The van der Waals surface area contributed by atoms with E-state index in [1.165, 1.54) is 10.5 Å². The number of urea groups is 1. The minimum Gasteiger partial charge on any atom is -0.329 e. The Hall–Kier alpha value is -1.28. The molecule has 1 fully saturated rings. The molecule has 118 valence electrons. The lowest BCUT2D eigenvalue weighted by molar-refractivity contribution is -0.123. The zero-order valence-corrected chi connectivity index (χ0v) is 12.5. The zero-order valence-electron chi connectivity index (χ0n) is 11.7. The summed E-state index contributed by atoms with van der Waals surface area (Å²) in [6, 6.07) is 1.68. The predicted octanol–water partition coefficient (Wildman–Crippen LogP) is 2.70. The Kier molecular flexibility index (Phi) is 5.10. The maximum atomic E-state index is 12.1. The molecule has 1 aliphatic rings. The molecule has 1 N–H and O–H groups in total. The van der Waals surface area contributed by atoms with Gasteiger partial charge in [0.1, 0.15) is 6.54 Å². The van der Waals surface area contributed by atoms with Crippen molar-refractivity contribution in [1.82, 2.24) is 15.1 Å². The standard InChI is InChI=1S/C13H18F3N3OS/c1-10(11-2-7-21-8-11)18-3-5-19(6-4-18)12(20)17-9-13(14,15)16/h2,7-8,10H,3-6,9H2,1H3,(H,17,20). The first kappa shape index (κ1) is 16.1. The fraction of sp³-hybridized carbons (Fsp3) is 0.615. The molecule has 2 amide bonds. The van der Waals surface area contributed by atoms with Gasteiger partial charge in [0.2, 0.25) is 0 Å². The van der Waals surface area contributed by atoms with Crippen molar-refractivity contribution in [3.8, 4) is 0 Å². The number of thiophene rings is 1. The van der Waals surface area contributed by atoms with Crippen molar-refractivity contribution in [3.63, 3.8) is 0 Å². The SMILES string of the molecule is CC(c1ccsc1)N1CCN(C(=O)NCC(F)(F)F)CC1. The van der Waals surface area contributed by atoms with E-state index < -0.39 is 18.8 Å². The van der Waals surface area contributed by atoms with Gasteiger partial charge < -0.3 is 10.2 Å². The van der Waals surface area contributed by atoms with Gasteiger partial charge in [-0.2, -0.15) is 24.5 Å². The van der Waals surface area contributed by atoms with E-state index in [1.54, 1.807) is 11.3 Å². The van der Waals surface area contributed by atoms with Crippen LogP contribution in [0.2, 0.25) is 0 Å². The van der Waals surface area contributed by atoms with E-state index in [4.69, 9.17) is 0 Å². The maximum absolute atomic E-state index is 12.1. The lowest BCUT2D eigenvalue weighted by atomic mass is 10.1. The Labute approximate surface area is 125 Å². The van der Waals surface area contributed by atoms with Crippen LogP contribution in [0.3, 0.4) is 0 Å². The summed E-state index contributed by atoms with van der Waals surface area (Å²) in [5.74, 6) is 0. The van der Waals surface area contributed by atoms with Gasteiger partial charge in [-0.3, -0.25) is 4.90 Å². The van der Waals surface area contributed by atoms with Gasteiger partial charge >= 0.3 is 12.2 Å². The average molecular weight is 321 g/mol. The second kappa shape index (κ2) is 6.65. The van der Waals surface area contributed by atoms with E-state index in [0.717, 1.165) is 0 Å². The van der Waals surface area contributed by atoms with Crippen molar-refractivity contribution in [3.05, 3.63) is 22.4 Å². The largest absolute Gasteiger partial charge is 0.405 e. The molecule has 1 aromatic rings. The van der Waals surface area contributed by atoms with Crippen molar-refractivity contribution in [2.24, 2.45) is 0 Å². The minimum atomic E-state index is -4.37. The van der Waals surface area contributed by atoms with Crippen molar-refractivity contribution >= 4 is 17.4 Å². The Morgan fingerprint density at radius 2 is 2.05 bits per heavy atom. The van der Waals surface area contributed by atoms with Gasteiger partial charge in [-0.25, -0.2) is 4.79 Å². The highest BCUT2D eigenvalue weighted by Crippen LogP contribution is 2.23. The zero-order chi connectivity index (χ0) is 15.5. The second-order valence-corrected chi connectivity index (χ2v) is 5.81. The van der Waals surface area contributed by atoms with Crippen LogP contribution in [0.4, 0.5) is 18.0 Å². The molecule has 0 aliphatic carbocycles. The first-order valence-corrected chi connectivity index (χ1v) is 7.67. The Morgan fingerprint density at radius 1 is 1.38 bits per heavy atom. The van der Waals surface area contributed by atoms with Gasteiger partial charge in [0.25, 0.3) is 0 Å². The quantitative estimate of drug-likeness (QED) is 0.929. The summed E-state index contributed by atoms with van der Waals surface area (Å²) in [7, 11) is 0. The summed E-state index contributed by atoms with van der Waals surface area (Å²) in [4.78, 5) is 15.3. The topological polar surface area (TPSA) is 35.6 Å². The molecule has 1 atom stereocenters. The number of nitrogens with one attached hydrogen (secondary N) is 1. The average Bonchev–Trinajstić information content (AvgIpc) is 2.97. The summed E-state index contributed by atoms with van der Waals surface area (Å²) in [5, 5.41) is 6.02. The molecule has 1 unspecified atom stereocenters. The second-order valence-electron chi connectivity index (χ2n) is 5.03. The number of hydrogen-bond donors (Lipinski definition) is 1. The van der Waals surface area contributed by atoms with Crippen LogP contribution in [-0.2, 0) is 0 Å². The number of piperazine rings is 1. The van der Waals surface area contributed by atoms with Crippen molar-refractivity contribution in [2.45, 2.75) is 19.1 Å². The predicted molar refractivity (Wildman–Crippen MR) is 75.3 cm³/mol. The number of alkyl halides is 3. The van der Waals surface area contributed by atoms with E-state index >= 15 is 0 Å². The van der Waals surface area contributed by atoms with Crippen LogP contribution < -0.4 is 5.32 Å². The Morgan fingerprint density at radius 3 is 2.57 bits per heavy atom. The Bertz CT molecular complexity index is 456. The van der Waals surface area contributed by atoms with Crippen molar-refractivity contribution < 1.29 is 18.0 Å². The van der Waals surface area contributed by atoms with Crippen LogP contribution in [0.15, 0.2) is 16.8 Å². The normalized spacial score (nSPS) is 18.6. The number of carbonyl (C=O) groups is 1. The van der Waals surface area contributed by atoms with E-state index in [0.29, 0.717) is 26.2 Å². The van der Waals surface area contributed by atoms with Gasteiger partial charge in [0, 0.05) is 32.2 Å². The van der Waals surface area contributed by atoms with Crippen molar-refractivity contribution in [1.29, 1.82) is 0 Å². The van der Waals surface area contributed by atoms with Crippen molar-refractivity contribution in [2.75, 3.05) is 32.7 Å². The highest BCUT2D eigenvalue weighted by atomic mass is 32.1. The maximum Gasteiger partial charge on any atom is 0.405 e. The fourth-order valence-corrected chi connectivity index (χ4v) is 3.07. The molecule has 1 saturated heterocycles. The molecule has 4 nitrogen and oxygen atoms in total. The number of amides is 2. The summed E-state index contributed by atoms with van der Waals surface area (Å²) in [6.07, 6.45) is -4.37. The van der Waals surface area contributed by atoms with E-state index in [9.17, 15) is 18.0 Å². The van der Waals surface area contributed by atoms with E-state index in [2.05, 4.69) is 23.3 Å². The molecule has 2 heterocycles. The molecule has 0 bridgehead atoms. The van der Waals surface area contributed by atoms with Crippen LogP contribution >= 0.6 is 11.3 Å². The molecule has 0 spiro atoms. The number of rotatable bonds is 3. The van der Waals surface area contributed by atoms with Crippen LogP contribution in [0.5, 0.6) is 0 Å². The molecule has 2 rings (SSSR count). The molecule has 8 heteroatoms. The van der Waals surface area contributed by atoms with E-state index in [-0.39, 0.29) is 6.04 Å². The van der Waals surface area contributed by atoms with Gasteiger partial charge in [-0.1, -0.05) is 0 Å². The lowest BCUT2D eigenvalue weighted by Crippen LogP contribution is -2.53. The van der Waals surface area contributed by atoms with Gasteiger partial charge in [-0.15, -0.1) is 0 Å². The molecular formula is C13H18F3N3OS. The van der Waals surface area contributed by atoms with Crippen LogP contribution in [0.1, 0.15) is 18.5 Å². The van der Waals surface area contributed by atoms with Gasteiger partial charge in [0.15, 0.2) is 0 Å². The summed E-state index contributed by atoms with van der Waals surface area (Å²) < 4.78 is 36.2. The lowest BCUT2D eigenvalue weighted by Gasteiger charge is -2.37. The third-order valence-corrected chi connectivity index (χ3v) is 4.32. The smallest absolute Gasteiger partial charge is 0.329 e. The Balaban J connectivity index is 1.79. The number of carbonyl (C=O) groups excluding carboxylic acids is 1. The first-order chi connectivity index (χ1) is 9.87. The number of nitrogens with zero attached hydrogens (tertiary/aromatic N) is 2. The third kappa shape index (κ3) is 4.60. The molecular weight excluding hydrogens is 303 g/mol. The summed E-state index contributed by atoms with van der Waals surface area (Å²) in [6.45, 7) is 3.03. The van der Waals surface area contributed by atoms with Crippen LogP contribution in [0, 0.1) is 0 Å². The highest BCUT2D eigenvalue weighted by molar-refractivity contribution is 7.07. The molecule has 0 saturated carbocycles. The van der Waals surface area contributed by atoms with Gasteiger partial charge in [-0.05, 0) is 29.3 Å². The number of hydrogen-bond acceptors (Lipinski definition) is 3. The van der Waals surface area contributed by atoms with Crippen LogP contribution in [0.25, 0.3) is 0 Å². The molecule has 0 aromatic carbocycles. The fourth-order valence-electron chi connectivity index (χ4n) is 2.32. The molecule has 1 aliphatic heterocycles. The monoisotopic (exact) mass is 321 g/mol. The van der Waals surface area contributed by atoms with E-state index in [1.807, 2.05) is 10.7 Å². The minimum absolute atomic E-state index is 0.261. The molecule has 1 aromatic heterocycles. The molecule has 0 radical (unpaired) electrons. The molecule has 21 heavy (non-hydrogen) atoms.